The van der Waals surface area contributed by atoms with Crippen molar-refractivity contribution < 1.29 is 9.53 Å². The lowest BCUT2D eigenvalue weighted by molar-refractivity contribution is 0.116. The van der Waals surface area contributed by atoms with E-state index in [1.165, 1.54) is 5.56 Å². The SMILES string of the molecule is CCNC(=O)OC(c1c(C)cc(C(C)(C)C)cc1C)c1c(Br)cc(Br)cc1Br. The van der Waals surface area contributed by atoms with Crippen molar-refractivity contribution in [3.05, 3.63) is 65.5 Å². The Kier molecular flexibility index (Phi) is 7.79. The fourth-order valence-corrected chi connectivity index (χ4v) is 5.85. The zero-order chi connectivity index (χ0) is 21.2. The summed E-state index contributed by atoms with van der Waals surface area (Å²) in [7, 11) is 0. The summed E-state index contributed by atoms with van der Waals surface area (Å²) in [5.41, 5.74) is 5.38. The highest BCUT2D eigenvalue weighted by atomic mass is 79.9. The summed E-state index contributed by atoms with van der Waals surface area (Å²) in [6.07, 6.45) is -0.981. The second-order valence-corrected chi connectivity index (χ2v) is 10.5. The topological polar surface area (TPSA) is 38.3 Å². The molecule has 0 fully saturated rings. The Hall–Kier alpha value is -0.850. The third kappa shape index (κ3) is 5.39. The van der Waals surface area contributed by atoms with Crippen molar-refractivity contribution in [1.29, 1.82) is 0 Å². The molecule has 0 spiro atoms. The number of hydrogen-bond acceptors (Lipinski definition) is 2. The van der Waals surface area contributed by atoms with Crippen molar-refractivity contribution in [3.8, 4) is 0 Å². The summed E-state index contributed by atoms with van der Waals surface area (Å²) in [5, 5.41) is 2.74. The second kappa shape index (κ2) is 9.31. The van der Waals surface area contributed by atoms with Crippen LogP contribution in [-0.2, 0) is 10.2 Å². The van der Waals surface area contributed by atoms with E-state index in [9.17, 15) is 4.79 Å². The minimum atomic E-state index is -0.544. The largest absolute Gasteiger partial charge is 0.436 e. The van der Waals surface area contributed by atoms with Crippen LogP contribution in [0.1, 0.15) is 61.6 Å². The van der Waals surface area contributed by atoms with Crippen LogP contribution in [0.3, 0.4) is 0 Å². The van der Waals surface area contributed by atoms with Gasteiger partial charge >= 0.3 is 6.09 Å². The van der Waals surface area contributed by atoms with Gasteiger partial charge in [0.2, 0.25) is 0 Å². The number of nitrogens with one attached hydrogen (secondary N) is 1. The summed E-state index contributed by atoms with van der Waals surface area (Å²) in [4.78, 5) is 12.4. The van der Waals surface area contributed by atoms with E-state index in [1.807, 2.05) is 19.1 Å². The van der Waals surface area contributed by atoms with Crippen LogP contribution in [0.2, 0.25) is 0 Å². The van der Waals surface area contributed by atoms with E-state index in [2.05, 4.69) is 99.9 Å². The van der Waals surface area contributed by atoms with Gasteiger partial charge in [0.05, 0.1) is 0 Å². The molecule has 6 heteroatoms. The Labute approximate surface area is 193 Å². The van der Waals surface area contributed by atoms with E-state index < -0.39 is 12.2 Å². The molecule has 0 aromatic heterocycles. The first-order valence-electron chi connectivity index (χ1n) is 9.16. The summed E-state index contributed by atoms with van der Waals surface area (Å²) in [6, 6.07) is 8.30. The lowest BCUT2D eigenvalue weighted by atomic mass is 9.82. The fraction of sp³-hybridized carbons (Fsp3) is 0.409. The molecular weight excluding hydrogens is 550 g/mol. The Balaban J connectivity index is 2.69. The van der Waals surface area contributed by atoms with Gasteiger partial charge in [-0.05, 0) is 55.0 Å². The van der Waals surface area contributed by atoms with Crippen LogP contribution in [0.15, 0.2) is 37.7 Å². The van der Waals surface area contributed by atoms with Gasteiger partial charge in [-0.2, -0.15) is 0 Å². The van der Waals surface area contributed by atoms with E-state index in [1.54, 1.807) is 0 Å². The molecule has 1 atom stereocenters. The predicted molar refractivity (Wildman–Crippen MR) is 126 cm³/mol. The standard InChI is InChI=1S/C22H26Br3NO2/c1-7-26-21(27)28-20(19-16(24)10-15(23)11-17(19)25)18-12(2)8-14(9-13(18)3)22(4,5)6/h8-11,20H,7H2,1-6H3,(H,26,27). The molecule has 152 valence electrons. The van der Waals surface area contributed by atoms with Crippen LogP contribution in [0.5, 0.6) is 0 Å². The average Bonchev–Trinajstić information content (AvgIpc) is 2.52. The maximum atomic E-state index is 12.4. The van der Waals surface area contributed by atoms with Crippen molar-refractivity contribution in [2.24, 2.45) is 0 Å². The number of carbonyl (C=O) groups is 1. The van der Waals surface area contributed by atoms with Crippen molar-refractivity contribution in [2.75, 3.05) is 6.54 Å². The highest BCUT2D eigenvalue weighted by molar-refractivity contribution is 9.11. The van der Waals surface area contributed by atoms with Gasteiger partial charge in [0.15, 0.2) is 6.10 Å². The minimum absolute atomic E-state index is 0.0444. The molecule has 0 saturated heterocycles. The van der Waals surface area contributed by atoms with Crippen LogP contribution in [0.4, 0.5) is 4.79 Å². The monoisotopic (exact) mass is 573 g/mol. The first-order valence-corrected chi connectivity index (χ1v) is 11.5. The zero-order valence-corrected chi connectivity index (χ0v) is 21.8. The Morgan fingerprint density at radius 3 is 1.93 bits per heavy atom. The van der Waals surface area contributed by atoms with Crippen molar-refractivity contribution >= 4 is 53.9 Å². The Morgan fingerprint density at radius 1 is 1.00 bits per heavy atom. The number of halogens is 3. The van der Waals surface area contributed by atoms with E-state index in [0.717, 1.165) is 35.7 Å². The number of hydrogen-bond donors (Lipinski definition) is 1. The first kappa shape index (κ1) is 23.4. The van der Waals surface area contributed by atoms with Gasteiger partial charge in [-0.25, -0.2) is 4.79 Å². The van der Waals surface area contributed by atoms with Gasteiger partial charge in [0, 0.05) is 31.1 Å². The summed E-state index contributed by atoms with van der Waals surface area (Å²) in [6.45, 7) is 13.1. The lowest BCUT2D eigenvalue weighted by Crippen LogP contribution is -2.27. The number of benzene rings is 2. The zero-order valence-electron chi connectivity index (χ0n) is 17.0. The maximum absolute atomic E-state index is 12.4. The number of aryl methyl sites for hydroxylation is 2. The Morgan fingerprint density at radius 2 is 1.50 bits per heavy atom. The molecule has 0 aliphatic heterocycles. The normalized spacial score (nSPS) is 12.6. The van der Waals surface area contributed by atoms with Crippen molar-refractivity contribution in [2.45, 2.75) is 53.1 Å². The number of amides is 1. The Bertz CT molecular complexity index is 842. The number of alkyl carbamates (subject to hydrolysis) is 1. The predicted octanol–water partition coefficient (Wildman–Crippen LogP) is 7.72. The molecule has 2 aromatic rings. The molecule has 0 radical (unpaired) electrons. The molecule has 1 N–H and O–H groups in total. The van der Waals surface area contributed by atoms with Crippen molar-refractivity contribution in [1.82, 2.24) is 5.32 Å². The molecule has 0 heterocycles. The molecule has 0 aliphatic rings. The van der Waals surface area contributed by atoms with Gasteiger partial charge < -0.3 is 10.1 Å². The third-order valence-corrected chi connectivity index (χ3v) is 6.34. The van der Waals surface area contributed by atoms with E-state index in [0.29, 0.717) is 6.54 Å². The van der Waals surface area contributed by atoms with Crippen LogP contribution in [-0.4, -0.2) is 12.6 Å². The minimum Gasteiger partial charge on any atom is -0.436 e. The lowest BCUT2D eigenvalue weighted by Gasteiger charge is -2.27. The number of rotatable bonds is 4. The molecule has 0 bridgehead atoms. The molecule has 1 amide bonds. The van der Waals surface area contributed by atoms with E-state index in [-0.39, 0.29) is 5.41 Å². The molecule has 0 aliphatic carbocycles. The first-order chi connectivity index (χ1) is 13.0. The van der Waals surface area contributed by atoms with Crippen LogP contribution in [0, 0.1) is 13.8 Å². The number of carbonyl (C=O) groups excluding carboxylic acids is 1. The summed E-state index contributed by atoms with van der Waals surface area (Å²) >= 11 is 10.8. The molecule has 2 aromatic carbocycles. The van der Waals surface area contributed by atoms with Gasteiger partial charge in [0.1, 0.15) is 0 Å². The molecule has 3 nitrogen and oxygen atoms in total. The van der Waals surface area contributed by atoms with E-state index >= 15 is 0 Å². The van der Waals surface area contributed by atoms with Crippen molar-refractivity contribution in [3.63, 3.8) is 0 Å². The van der Waals surface area contributed by atoms with E-state index in [4.69, 9.17) is 4.74 Å². The van der Waals surface area contributed by atoms with Crippen LogP contribution < -0.4 is 5.32 Å². The maximum Gasteiger partial charge on any atom is 0.408 e. The molecule has 28 heavy (non-hydrogen) atoms. The third-order valence-electron chi connectivity index (χ3n) is 4.57. The average molecular weight is 576 g/mol. The molecule has 1 unspecified atom stereocenters. The molecule has 2 rings (SSSR count). The highest BCUT2D eigenvalue weighted by Gasteiger charge is 2.28. The smallest absolute Gasteiger partial charge is 0.408 e. The fourth-order valence-electron chi connectivity index (χ4n) is 3.18. The summed E-state index contributed by atoms with van der Waals surface area (Å²) < 4.78 is 8.59. The van der Waals surface area contributed by atoms with Gasteiger partial charge in [-0.15, -0.1) is 0 Å². The van der Waals surface area contributed by atoms with Gasteiger partial charge in [-0.1, -0.05) is 80.7 Å². The van der Waals surface area contributed by atoms with Gasteiger partial charge in [0.25, 0.3) is 0 Å². The highest BCUT2D eigenvalue weighted by Crippen LogP contribution is 2.42. The summed E-state index contributed by atoms with van der Waals surface area (Å²) in [5.74, 6) is 0. The molecule has 0 saturated carbocycles. The van der Waals surface area contributed by atoms with Gasteiger partial charge in [-0.3, -0.25) is 0 Å². The quantitative estimate of drug-likeness (QED) is 0.405. The van der Waals surface area contributed by atoms with Crippen LogP contribution in [0.25, 0.3) is 0 Å². The number of ether oxygens (including phenoxy) is 1. The van der Waals surface area contributed by atoms with Crippen LogP contribution >= 0.6 is 47.8 Å². The molecular formula is C22H26Br3NO2. The second-order valence-electron chi connectivity index (χ2n) is 7.87.